The Hall–Kier alpha value is -1.02. The lowest BCUT2D eigenvalue weighted by atomic mass is 9.75. The third-order valence-corrected chi connectivity index (χ3v) is 7.30. The second kappa shape index (κ2) is 7.78. The van der Waals surface area contributed by atoms with E-state index in [0.717, 1.165) is 63.9 Å². The van der Waals surface area contributed by atoms with Gasteiger partial charge in [0, 0.05) is 37.4 Å². The molecule has 0 radical (unpaired) electrons. The first-order valence-corrected chi connectivity index (χ1v) is 11.2. The number of hydrogen-bond donors (Lipinski definition) is 2. The van der Waals surface area contributed by atoms with Crippen LogP contribution in [0.3, 0.4) is 0 Å². The number of carbonyl (C=O) groups excluding carboxylic acids is 1. The maximum Gasteiger partial charge on any atom is 0.223 e. The molecule has 1 aromatic rings. The molecule has 2 atom stereocenters. The van der Waals surface area contributed by atoms with E-state index in [2.05, 4.69) is 20.6 Å². The highest BCUT2D eigenvalue weighted by atomic mass is 32.1. The summed E-state index contributed by atoms with van der Waals surface area (Å²) in [5.41, 5.74) is 1.81. The Morgan fingerprint density at radius 1 is 1.41 bits per heavy atom. The second-order valence-corrected chi connectivity index (χ2v) is 9.55. The molecule has 0 bridgehead atoms. The lowest BCUT2D eigenvalue weighted by molar-refractivity contribution is -0.190. The Balaban J connectivity index is 1.31. The normalized spacial score (nSPS) is 32.0. The third kappa shape index (κ3) is 4.36. The number of amides is 1. The van der Waals surface area contributed by atoms with Crippen molar-refractivity contribution >= 4 is 17.2 Å². The van der Waals surface area contributed by atoms with Crippen molar-refractivity contribution in [2.75, 3.05) is 19.7 Å². The number of hydrogen-bond acceptors (Lipinski definition) is 6. The molecule has 0 unspecified atom stereocenters. The van der Waals surface area contributed by atoms with Crippen molar-refractivity contribution in [1.82, 2.24) is 15.2 Å². The molecule has 2 N–H and O–H groups in total. The van der Waals surface area contributed by atoms with Gasteiger partial charge in [0.1, 0.15) is 0 Å². The van der Waals surface area contributed by atoms with Crippen molar-refractivity contribution < 1.29 is 14.6 Å². The van der Waals surface area contributed by atoms with Gasteiger partial charge >= 0.3 is 0 Å². The van der Waals surface area contributed by atoms with E-state index >= 15 is 0 Å². The smallest absolute Gasteiger partial charge is 0.223 e. The summed E-state index contributed by atoms with van der Waals surface area (Å²) < 4.78 is 6.29. The Morgan fingerprint density at radius 3 is 2.78 bits per heavy atom. The van der Waals surface area contributed by atoms with Crippen LogP contribution in [0.4, 0.5) is 0 Å². The van der Waals surface area contributed by atoms with E-state index in [-0.39, 0.29) is 23.5 Å². The number of ether oxygens (including phenoxy) is 1. The van der Waals surface area contributed by atoms with Crippen LogP contribution in [-0.4, -0.2) is 57.8 Å². The molecule has 3 aliphatic rings. The van der Waals surface area contributed by atoms with Gasteiger partial charge in [0.2, 0.25) is 5.91 Å². The highest BCUT2D eigenvalue weighted by molar-refractivity contribution is 7.07. The average Bonchev–Trinajstić information content (AvgIpc) is 3.33. The maximum atomic E-state index is 12.5. The van der Waals surface area contributed by atoms with Crippen molar-refractivity contribution in [2.24, 2.45) is 5.92 Å². The van der Waals surface area contributed by atoms with E-state index in [1.54, 1.807) is 11.3 Å². The second-order valence-electron chi connectivity index (χ2n) is 8.83. The van der Waals surface area contributed by atoms with Crippen LogP contribution in [0.15, 0.2) is 10.9 Å². The summed E-state index contributed by atoms with van der Waals surface area (Å²) in [6, 6.07) is -0.315. The van der Waals surface area contributed by atoms with Crippen molar-refractivity contribution in [3.05, 3.63) is 16.6 Å². The van der Waals surface area contributed by atoms with Crippen LogP contribution in [0.5, 0.6) is 0 Å². The van der Waals surface area contributed by atoms with Crippen LogP contribution in [0, 0.1) is 5.92 Å². The van der Waals surface area contributed by atoms with Gasteiger partial charge in [-0.2, -0.15) is 0 Å². The highest BCUT2D eigenvalue weighted by Gasteiger charge is 2.49. The fourth-order valence-electron chi connectivity index (χ4n) is 4.93. The zero-order chi connectivity index (χ0) is 18.9. The van der Waals surface area contributed by atoms with Gasteiger partial charge in [-0.15, -0.1) is 11.3 Å². The van der Waals surface area contributed by atoms with Crippen LogP contribution in [0.25, 0.3) is 0 Å². The Kier molecular flexibility index (Phi) is 5.56. The summed E-state index contributed by atoms with van der Waals surface area (Å²) in [7, 11) is 0. The maximum absolute atomic E-state index is 12.5. The van der Waals surface area contributed by atoms with Crippen molar-refractivity contribution in [3.8, 4) is 0 Å². The lowest BCUT2D eigenvalue weighted by Crippen LogP contribution is -2.64. The fraction of sp³-hybridized carbons (Fsp3) is 0.800. The molecule has 1 spiro atoms. The largest absolute Gasteiger partial charge is 0.388 e. The highest BCUT2D eigenvalue weighted by Crippen LogP contribution is 2.40. The molecule has 1 aliphatic carbocycles. The molecule has 2 aliphatic heterocycles. The zero-order valence-electron chi connectivity index (χ0n) is 16.2. The molecule has 4 rings (SSSR count). The standard InChI is InChI=1S/C20H31N3O3S/c1-19(25)13-20(6-8-23(9-7-20)10-16-12-27-14-21-16)26-11-17(19)22-18(24)15-4-2-3-5-15/h12,14-15,17,25H,2-11,13H2,1H3,(H,22,24)/t17-,19-/m0/s1. The number of likely N-dealkylation sites (tertiary alicyclic amines) is 1. The Morgan fingerprint density at radius 2 is 2.15 bits per heavy atom. The minimum Gasteiger partial charge on any atom is -0.388 e. The van der Waals surface area contributed by atoms with Crippen LogP contribution in [-0.2, 0) is 16.1 Å². The predicted molar refractivity (Wildman–Crippen MR) is 104 cm³/mol. The molecule has 1 amide bonds. The van der Waals surface area contributed by atoms with Gasteiger partial charge in [-0.3, -0.25) is 9.69 Å². The van der Waals surface area contributed by atoms with Gasteiger partial charge in [0.25, 0.3) is 0 Å². The first-order chi connectivity index (χ1) is 13.0. The monoisotopic (exact) mass is 393 g/mol. The first-order valence-electron chi connectivity index (χ1n) is 10.2. The molecule has 1 aromatic heterocycles. The van der Waals surface area contributed by atoms with Crippen LogP contribution in [0.1, 0.15) is 57.6 Å². The topological polar surface area (TPSA) is 74.7 Å². The number of aromatic nitrogens is 1. The van der Waals surface area contributed by atoms with E-state index in [1.165, 1.54) is 0 Å². The Labute approximate surface area is 165 Å². The molecule has 2 saturated heterocycles. The quantitative estimate of drug-likeness (QED) is 0.821. The number of nitrogens with one attached hydrogen (secondary N) is 1. The zero-order valence-corrected chi connectivity index (χ0v) is 17.0. The van der Waals surface area contributed by atoms with Crippen molar-refractivity contribution in [3.63, 3.8) is 0 Å². The van der Waals surface area contributed by atoms with Gasteiger partial charge in [0.05, 0.1) is 35.1 Å². The molecule has 7 heteroatoms. The lowest BCUT2D eigenvalue weighted by Gasteiger charge is -2.51. The van der Waals surface area contributed by atoms with Gasteiger partial charge in [-0.05, 0) is 32.6 Å². The number of rotatable bonds is 4. The number of thiazole rings is 1. The predicted octanol–water partition coefficient (Wildman–Crippen LogP) is 2.32. The molecule has 150 valence electrons. The summed E-state index contributed by atoms with van der Waals surface area (Å²) in [5.74, 6) is 0.209. The van der Waals surface area contributed by atoms with Gasteiger partial charge < -0.3 is 15.2 Å². The van der Waals surface area contributed by atoms with Gasteiger partial charge in [0.15, 0.2) is 0 Å². The first kappa shape index (κ1) is 19.3. The van der Waals surface area contributed by atoms with Crippen LogP contribution in [0.2, 0.25) is 0 Å². The van der Waals surface area contributed by atoms with E-state index in [9.17, 15) is 9.90 Å². The van der Waals surface area contributed by atoms with Crippen LogP contribution < -0.4 is 5.32 Å². The summed E-state index contributed by atoms with van der Waals surface area (Å²) in [6.45, 7) is 5.05. The minimum absolute atomic E-state index is 0.0930. The summed E-state index contributed by atoms with van der Waals surface area (Å²) >= 11 is 1.63. The van der Waals surface area contributed by atoms with E-state index in [4.69, 9.17) is 4.74 Å². The van der Waals surface area contributed by atoms with E-state index in [0.29, 0.717) is 13.0 Å². The molecule has 1 saturated carbocycles. The Bertz CT molecular complexity index is 635. The number of carbonyl (C=O) groups is 1. The number of aliphatic hydroxyl groups is 1. The van der Waals surface area contributed by atoms with Gasteiger partial charge in [-0.25, -0.2) is 4.98 Å². The van der Waals surface area contributed by atoms with E-state index < -0.39 is 5.60 Å². The van der Waals surface area contributed by atoms with Crippen LogP contribution >= 0.6 is 11.3 Å². The third-order valence-electron chi connectivity index (χ3n) is 6.67. The molecular formula is C20H31N3O3S. The van der Waals surface area contributed by atoms with E-state index in [1.807, 2.05) is 12.4 Å². The SMILES string of the molecule is C[C@]1(O)CC2(CCN(Cc3cscn3)CC2)OC[C@@H]1NC(=O)C1CCCC1. The number of nitrogens with zero attached hydrogens (tertiary/aromatic N) is 2. The average molecular weight is 394 g/mol. The molecule has 0 aromatic carbocycles. The van der Waals surface area contributed by atoms with Crippen molar-refractivity contribution in [2.45, 2.75) is 75.7 Å². The molecular weight excluding hydrogens is 362 g/mol. The molecule has 3 fully saturated rings. The van der Waals surface area contributed by atoms with Gasteiger partial charge in [-0.1, -0.05) is 12.8 Å². The summed E-state index contributed by atoms with van der Waals surface area (Å²) in [4.78, 5) is 19.3. The summed E-state index contributed by atoms with van der Waals surface area (Å²) in [6.07, 6.45) is 6.63. The molecule has 3 heterocycles. The fourth-order valence-corrected chi connectivity index (χ4v) is 5.47. The number of piperidine rings is 1. The minimum atomic E-state index is -0.927. The van der Waals surface area contributed by atoms with Crippen molar-refractivity contribution in [1.29, 1.82) is 0 Å². The molecule has 6 nitrogen and oxygen atoms in total. The molecule has 27 heavy (non-hydrogen) atoms. The summed E-state index contributed by atoms with van der Waals surface area (Å²) in [5, 5.41) is 16.3.